The van der Waals surface area contributed by atoms with Crippen LogP contribution in [0.5, 0.6) is 0 Å². The number of hydrogen-bond donors (Lipinski definition) is 0. The summed E-state index contributed by atoms with van der Waals surface area (Å²) in [6.45, 7) is 4.40. The maximum Gasteiger partial charge on any atom is 0.135 e. The molecule has 1 saturated heterocycles. The molecule has 1 saturated carbocycles. The van der Waals surface area contributed by atoms with Gasteiger partial charge < -0.3 is 4.90 Å². The largest absolute Gasteiger partial charge is 0.355 e. The lowest BCUT2D eigenvalue weighted by Gasteiger charge is -2.32. The van der Waals surface area contributed by atoms with Gasteiger partial charge in [-0.05, 0) is 19.3 Å². The van der Waals surface area contributed by atoms with E-state index < -0.39 is 0 Å². The first-order chi connectivity index (χ1) is 8.76. The Hall–Kier alpha value is -0.480. The van der Waals surface area contributed by atoms with Crippen LogP contribution in [-0.4, -0.2) is 34.1 Å². The smallest absolute Gasteiger partial charge is 0.135 e. The Bertz CT molecular complexity index is 436. The third-order valence-corrected chi connectivity index (χ3v) is 5.12. The molecule has 3 nitrogen and oxygen atoms in total. The summed E-state index contributed by atoms with van der Waals surface area (Å²) in [7, 11) is 0. The van der Waals surface area contributed by atoms with Crippen LogP contribution in [0, 0.1) is 0 Å². The zero-order chi connectivity index (χ0) is 12.5. The van der Waals surface area contributed by atoms with Gasteiger partial charge in [-0.1, -0.05) is 18.5 Å². The van der Waals surface area contributed by atoms with Gasteiger partial charge in [0.2, 0.25) is 0 Å². The van der Waals surface area contributed by atoms with Crippen molar-refractivity contribution in [3.63, 3.8) is 0 Å². The maximum atomic E-state index is 6.13. The number of hydrogen-bond acceptors (Lipinski definition) is 4. The molecule has 0 N–H and O–H groups in total. The number of thioether (sulfide) groups is 1. The summed E-state index contributed by atoms with van der Waals surface area (Å²) in [4.78, 5) is 11.4. The van der Waals surface area contributed by atoms with Gasteiger partial charge in [0.05, 0.1) is 0 Å². The summed E-state index contributed by atoms with van der Waals surface area (Å²) in [5.74, 6) is 3.71. The number of nitrogens with zero attached hydrogens (tertiary/aromatic N) is 3. The molecule has 1 aromatic heterocycles. The second kappa shape index (κ2) is 5.25. The molecule has 18 heavy (non-hydrogen) atoms. The van der Waals surface area contributed by atoms with Gasteiger partial charge in [-0.25, -0.2) is 9.97 Å². The molecule has 2 aliphatic rings. The first kappa shape index (κ1) is 12.5. The first-order valence-corrected chi connectivity index (χ1v) is 8.10. The van der Waals surface area contributed by atoms with Gasteiger partial charge in [-0.2, -0.15) is 11.8 Å². The second-order valence-electron chi connectivity index (χ2n) is 5.03. The van der Waals surface area contributed by atoms with Gasteiger partial charge in [-0.3, -0.25) is 0 Å². The summed E-state index contributed by atoms with van der Waals surface area (Å²) in [5, 5.41) is 1.31. The van der Waals surface area contributed by atoms with Gasteiger partial charge in [-0.15, -0.1) is 0 Å². The first-order valence-electron chi connectivity index (χ1n) is 6.67. The number of aromatic nitrogens is 2. The topological polar surface area (TPSA) is 29.0 Å². The lowest BCUT2D eigenvalue weighted by atomic mass is 10.3. The molecule has 1 atom stereocenters. The van der Waals surface area contributed by atoms with E-state index in [4.69, 9.17) is 16.6 Å². The van der Waals surface area contributed by atoms with Crippen LogP contribution in [-0.2, 0) is 0 Å². The van der Waals surface area contributed by atoms with Crippen molar-refractivity contribution in [1.82, 2.24) is 9.97 Å². The van der Waals surface area contributed by atoms with Crippen LogP contribution in [0.25, 0.3) is 0 Å². The minimum Gasteiger partial charge on any atom is -0.355 e. The van der Waals surface area contributed by atoms with Gasteiger partial charge in [0.25, 0.3) is 0 Å². The lowest BCUT2D eigenvalue weighted by Crippen LogP contribution is -2.38. The summed E-state index contributed by atoms with van der Waals surface area (Å²) in [6, 6.07) is 1.91. The maximum absolute atomic E-state index is 6.13. The van der Waals surface area contributed by atoms with Crippen molar-refractivity contribution in [2.75, 3.05) is 23.7 Å². The van der Waals surface area contributed by atoms with Crippen LogP contribution in [0.3, 0.4) is 0 Å². The van der Waals surface area contributed by atoms with Crippen LogP contribution in [0.2, 0.25) is 5.15 Å². The molecule has 2 fully saturated rings. The molecule has 1 unspecified atom stereocenters. The molecule has 1 aliphatic heterocycles. The van der Waals surface area contributed by atoms with E-state index >= 15 is 0 Å². The molecule has 3 rings (SSSR count). The molecule has 0 radical (unpaired) electrons. The van der Waals surface area contributed by atoms with E-state index in [1.54, 1.807) is 0 Å². The van der Waals surface area contributed by atoms with Crippen LogP contribution in [0.1, 0.15) is 37.9 Å². The molecular weight excluding hydrogens is 266 g/mol. The SMILES string of the molecule is CCC1CN(c2cc(Cl)nc(C3CC3)n2)CCS1. The fourth-order valence-corrected chi connectivity index (χ4v) is 3.65. The van der Waals surface area contributed by atoms with E-state index in [2.05, 4.69) is 28.6 Å². The van der Waals surface area contributed by atoms with E-state index in [0.29, 0.717) is 11.1 Å². The van der Waals surface area contributed by atoms with Crippen LogP contribution in [0.15, 0.2) is 6.07 Å². The van der Waals surface area contributed by atoms with Crippen molar-refractivity contribution in [3.05, 3.63) is 17.0 Å². The predicted molar refractivity (Wildman–Crippen MR) is 77.8 cm³/mol. The highest BCUT2D eigenvalue weighted by Gasteiger charge is 2.28. The summed E-state index contributed by atoms with van der Waals surface area (Å²) in [5.41, 5.74) is 0. The van der Waals surface area contributed by atoms with Crippen molar-refractivity contribution in [1.29, 1.82) is 0 Å². The molecule has 2 heterocycles. The minimum atomic E-state index is 0.559. The van der Waals surface area contributed by atoms with Crippen molar-refractivity contribution < 1.29 is 0 Å². The van der Waals surface area contributed by atoms with Gasteiger partial charge in [0.15, 0.2) is 0 Å². The molecule has 0 spiro atoms. The fourth-order valence-electron chi connectivity index (χ4n) is 2.28. The van der Waals surface area contributed by atoms with Gasteiger partial charge >= 0.3 is 0 Å². The molecule has 1 aromatic rings. The van der Waals surface area contributed by atoms with Crippen molar-refractivity contribution >= 4 is 29.2 Å². The van der Waals surface area contributed by atoms with E-state index in [1.807, 2.05) is 6.07 Å². The quantitative estimate of drug-likeness (QED) is 0.796. The highest BCUT2D eigenvalue weighted by molar-refractivity contribution is 8.00. The lowest BCUT2D eigenvalue weighted by molar-refractivity contribution is 0.714. The highest BCUT2D eigenvalue weighted by atomic mass is 35.5. The number of halogens is 1. The Morgan fingerprint density at radius 2 is 2.28 bits per heavy atom. The number of anilines is 1. The summed E-state index contributed by atoms with van der Waals surface area (Å²) < 4.78 is 0. The van der Waals surface area contributed by atoms with E-state index in [1.165, 1.54) is 25.0 Å². The molecule has 1 aliphatic carbocycles. The Morgan fingerprint density at radius 1 is 1.44 bits per heavy atom. The van der Waals surface area contributed by atoms with Crippen LogP contribution >= 0.6 is 23.4 Å². The molecule has 0 amide bonds. The zero-order valence-corrected chi connectivity index (χ0v) is 12.2. The van der Waals surface area contributed by atoms with E-state index in [0.717, 1.165) is 30.0 Å². The standard InChI is InChI=1S/C13H18ClN3S/c1-2-10-8-17(5-6-18-10)12-7-11(14)15-13(16-12)9-3-4-9/h7,9-10H,2-6,8H2,1H3. The van der Waals surface area contributed by atoms with Crippen molar-refractivity contribution in [3.8, 4) is 0 Å². The van der Waals surface area contributed by atoms with E-state index in [9.17, 15) is 0 Å². The third kappa shape index (κ3) is 2.75. The average Bonchev–Trinajstić information content (AvgIpc) is 3.22. The van der Waals surface area contributed by atoms with Crippen molar-refractivity contribution in [2.24, 2.45) is 0 Å². The average molecular weight is 284 g/mol. The Labute approximate surface area is 117 Å². The van der Waals surface area contributed by atoms with Crippen molar-refractivity contribution in [2.45, 2.75) is 37.4 Å². The molecule has 0 bridgehead atoms. The highest BCUT2D eigenvalue weighted by Crippen LogP contribution is 2.39. The summed E-state index contributed by atoms with van der Waals surface area (Å²) in [6.07, 6.45) is 3.65. The van der Waals surface area contributed by atoms with E-state index in [-0.39, 0.29) is 0 Å². The van der Waals surface area contributed by atoms with Gasteiger partial charge in [0.1, 0.15) is 16.8 Å². The monoisotopic (exact) mass is 283 g/mol. The number of rotatable bonds is 3. The Morgan fingerprint density at radius 3 is 3.00 bits per heavy atom. The molecular formula is C13H18ClN3S. The summed E-state index contributed by atoms with van der Waals surface area (Å²) >= 11 is 8.20. The third-order valence-electron chi connectivity index (χ3n) is 3.56. The minimum absolute atomic E-state index is 0.559. The molecule has 5 heteroatoms. The molecule has 98 valence electrons. The second-order valence-corrected chi connectivity index (χ2v) is 6.82. The normalized spacial score (nSPS) is 24.3. The van der Waals surface area contributed by atoms with Crippen LogP contribution < -0.4 is 4.90 Å². The van der Waals surface area contributed by atoms with Gasteiger partial charge in [0, 0.05) is 36.1 Å². The zero-order valence-electron chi connectivity index (χ0n) is 10.6. The molecule has 0 aromatic carbocycles. The Balaban J connectivity index is 1.81. The van der Waals surface area contributed by atoms with Crippen LogP contribution in [0.4, 0.5) is 5.82 Å². The fraction of sp³-hybridized carbons (Fsp3) is 0.692. The Kier molecular flexibility index (Phi) is 3.66. The predicted octanol–water partition coefficient (Wildman–Crippen LogP) is 3.34.